The molecular formula is C34H36F4N8O3S. The number of rotatable bonds is 7. The summed E-state index contributed by atoms with van der Waals surface area (Å²) in [6, 6.07) is 1.66. The van der Waals surface area contributed by atoms with Crippen LogP contribution in [0.5, 0.6) is 6.01 Å². The first kappa shape index (κ1) is 33.3. The molecule has 50 heavy (non-hydrogen) atoms. The second kappa shape index (κ2) is 12.4. The van der Waals surface area contributed by atoms with Crippen LogP contribution in [0.2, 0.25) is 0 Å². The Balaban J connectivity index is 1.30. The van der Waals surface area contributed by atoms with Crippen molar-refractivity contribution in [3.8, 4) is 23.3 Å². The molecule has 3 N–H and O–H groups in total. The van der Waals surface area contributed by atoms with E-state index in [4.69, 9.17) is 20.2 Å². The summed E-state index contributed by atoms with van der Waals surface area (Å²) >= 11 is 0.900. The summed E-state index contributed by atoms with van der Waals surface area (Å²) in [4.78, 5) is 19.8. The molecule has 4 aliphatic heterocycles. The van der Waals surface area contributed by atoms with Gasteiger partial charge in [-0.3, -0.25) is 14.8 Å². The Hall–Kier alpha value is -3.88. The van der Waals surface area contributed by atoms with Gasteiger partial charge in [0.05, 0.1) is 53.4 Å². The molecule has 1 aromatic carbocycles. The largest absolute Gasteiger partial charge is 0.462 e. The number of nitrogens with two attached hydrogens (primary N) is 1. The molecular weight excluding hydrogens is 676 g/mol. The van der Waals surface area contributed by atoms with Gasteiger partial charge in [0.15, 0.2) is 11.6 Å². The van der Waals surface area contributed by atoms with Gasteiger partial charge in [0.1, 0.15) is 29.0 Å². The monoisotopic (exact) mass is 712 g/mol. The second-order valence-corrected chi connectivity index (χ2v) is 15.0. The van der Waals surface area contributed by atoms with E-state index in [9.17, 15) is 23.5 Å². The topological polar surface area (TPSA) is 137 Å². The number of aliphatic hydroxyl groups is 1. The van der Waals surface area contributed by atoms with Crippen LogP contribution in [0.3, 0.4) is 0 Å². The van der Waals surface area contributed by atoms with Crippen molar-refractivity contribution < 1.29 is 32.1 Å². The molecule has 3 aromatic heterocycles. The molecule has 3 saturated heterocycles. The molecule has 4 aromatic rings. The molecule has 2 bridgehead atoms. The zero-order chi connectivity index (χ0) is 35.1. The third-order valence-electron chi connectivity index (χ3n) is 10.5. The van der Waals surface area contributed by atoms with Crippen molar-refractivity contribution in [2.24, 2.45) is 0 Å². The van der Waals surface area contributed by atoms with Crippen molar-refractivity contribution in [3.63, 3.8) is 0 Å². The average molecular weight is 713 g/mol. The molecule has 2 unspecified atom stereocenters. The number of halogens is 4. The molecule has 0 aliphatic carbocycles. The van der Waals surface area contributed by atoms with Gasteiger partial charge in [-0.25, -0.2) is 17.6 Å². The molecule has 4 atom stereocenters. The lowest BCUT2D eigenvalue weighted by molar-refractivity contribution is -0.0804. The summed E-state index contributed by atoms with van der Waals surface area (Å²) in [7, 11) is 1.62. The number of nitriles is 1. The molecule has 0 spiro atoms. The minimum atomic E-state index is -2.78. The van der Waals surface area contributed by atoms with E-state index in [1.807, 2.05) is 6.07 Å². The molecule has 8 rings (SSSR count). The zero-order valence-electron chi connectivity index (χ0n) is 27.6. The number of anilines is 2. The summed E-state index contributed by atoms with van der Waals surface area (Å²) in [5.74, 6) is -3.71. The molecule has 0 amide bonds. The minimum absolute atomic E-state index is 0.0142. The fraction of sp³-hybridized carbons (Fsp3) is 0.529. The lowest BCUT2D eigenvalue weighted by atomic mass is 9.93. The number of likely N-dealkylation sites (tertiary alicyclic amines) is 2. The van der Waals surface area contributed by atoms with E-state index >= 15 is 4.39 Å². The Kier molecular flexibility index (Phi) is 8.26. The van der Waals surface area contributed by atoms with Gasteiger partial charge in [0.25, 0.3) is 5.92 Å². The van der Waals surface area contributed by atoms with E-state index in [1.54, 1.807) is 18.9 Å². The summed E-state index contributed by atoms with van der Waals surface area (Å²) in [6.07, 6.45) is 2.19. The Morgan fingerprint density at radius 2 is 1.90 bits per heavy atom. The number of piperazine rings is 1. The first-order valence-electron chi connectivity index (χ1n) is 16.7. The lowest BCUT2D eigenvalue weighted by Crippen LogP contribution is -2.55. The highest BCUT2D eigenvalue weighted by atomic mass is 32.1. The number of benzene rings is 1. The van der Waals surface area contributed by atoms with Crippen LogP contribution in [-0.4, -0.2) is 99.8 Å². The first-order chi connectivity index (χ1) is 23.9. The molecule has 0 radical (unpaired) electrons. The minimum Gasteiger partial charge on any atom is -0.462 e. The van der Waals surface area contributed by atoms with E-state index in [2.05, 4.69) is 19.8 Å². The fourth-order valence-electron chi connectivity index (χ4n) is 8.29. The number of likely N-dealkylation sites (N-methyl/N-ethyl adjacent to an activating group) is 1. The van der Waals surface area contributed by atoms with Gasteiger partial charge in [-0.2, -0.15) is 15.2 Å². The number of fused-ring (bicyclic) bond motifs is 6. The number of aliphatic hydroxyl groups excluding tert-OH is 1. The number of pyridine rings is 1. The number of thiophene rings is 1. The van der Waals surface area contributed by atoms with Crippen LogP contribution in [-0.2, 0) is 18.0 Å². The lowest BCUT2D eigenvalue weighted by Gasteiger charge is -2.42. The van der Waals surface area contributed by atoms with Gasteiger partial charge >= 0.3 is 6.01 Å². The predicted octanol–water partition coefficient (Wildman–Crippen LogP) is 4.81. The summed E-state index contributed by atoms with van der Waals surface area (Å²) < 4.78 is 72.7. The maximum atomic E-state index is 17.4. The maximum absolute atomic E-state index is 17.4. The second-order valence-electron chi connectivity index (χ2n) is 13.9. The summed E-state index contributed by atoms with van der Waals surface area (Å²) in [5.41, 5.74) is 7.36. The first-order valence-corrected chi connectivity index (χ1v) is 17.5. The van der Waals surface area contributed by atoms with Gasteiger partial charge < -0.3 is 25.2 Å². The van der Waals surface area contributed by atoms with Crippen molar-refractivity contribution in [1.29, 1.82) is 5.26 Å². The van der Waals surface area contributed by atoms with Crippen LogP contribution < -0.4 is 15.4 Å². The molecule has 16 heteroatoms. The van der Waals surface area contributed by atoms with Crippen molar-refractivity contribution in [3.05, 3.63) is 34.5 Å². The highest BCUT2D eigenvalue weighted by molar-refractivity contribution is 7.23. The number of hydrogen-bond donors (Lipinski definition) is 2. The number of aromatic nitrogens is 3. The predicted molar refractivity (Wildman–Crippen MR) is 179 cm³/mol. The third kappa shape index (κ3) is 5.50. The van der Waals surface area contributed by atoms with Gasteiger partial charge in [0, 0.05) is 55.1 Å². The smallest absolute Gasteiger partial charge is 0.319 e. The molecule has 7 heterocycles. The van der Waals surface area contributed by atoms with E-state index in [1.165, 1.54) is 0 Å². The standard InChI is InChI=1S/C34H36F4N8O3S/c1-16(47)9-45-10-17-3-4-18(11-45)46(17)32-26-22-14-48-13-21(22)24(28-25-20(7-39)31(40)50-30(25)23(35)8-41-28)27(36)29(26)42-33(43-32)49-12-19-5-6-34(37,38)15-44(19)2/h8,16-19,47H,3-6,9-15,40H2,1-2H3/t16-,17?,18?,19+/m1/s1. The van der Waals surface area contributed by atoms with Gasteiger partial charge in [0.2, 0.25) is 0 Å². The summed E-state index contributed by atoms with van der Waals surface area (Å²) in [6.45, 7) is 3.46. The maximum Gasteiger partial charge on any atom is 0.319 e. The molecule has 11 nitrogen and oxygen atoms in total. The number of nitrogen functional groups attached to an aromatic ring is 1. The Morgan fingerprint density at radius 1 is 1.16 bits per heavy atom. The quantitative estimate of drug-likeness (QED) is 0.256. The molecule has 4 aliphatic rings. The van der Waals surface area contributed by atoms with Crippen molar-refractivity contribution in [2.75, 3.05) is 50.5 Å². The van der Waals surface area contributed by atoms with Gasteiger partial charge in [-0.1, -0.05) is 0 Å². The molecule has 0 saturated carbocycles. The van der Waals surface area contributed by atoms with Crippen molar-refractivity contribution >= 4 is 43.1 Å². The van der Waals surface area contributed by atoms with Crippen LogP contribution in [0.25, 0.3) is 32.2 Å². The van der Waals surface area contributed by atoms with Crippen LogP contribution in [0, 0.1) is 23.0 Å². The highest BCUT2D eigenvalue weighted by Crippen LogP contribution is 2.48. The van der Waals surface area contributed by atoms with Crippen molar-refractivity contribution in [2.45, 2.75) is 76.0 Å². The van der Waals surface area contributed by atoms with Crippen LogP contribution in [0.15, 0.2) is 6.20 Å². The number of piperidine rings is 1. The zero-order valence-corrected chi connectivity index (χ0v) is 28.4. The number of alkyl halides is 2. The number of β-amino-alcohol motifs (C(OH)–C–C–N with tert-alkyl or cyclic N) is 1. The Bertz CT molecular complexity index is 2040. The highest BCUT2D eigenvalue weighted by Gasteiger charge is 2.43. The average Bonchev–Trinajstić information content (AvgIpc) is 3.74. The van der Waals surface area contributed by atoms with Gasteiger partial charge in [-0.05, 0) is 44.4 Å². The molecule has 3 fully saturated rings. The number of ether oxygens (including phenoxy) is 2. The van der Waals surface area contributed by atoms with E-state index in [0.29, 0.717) is 42.0 Å². The van der Waals surface area contributed by atoms with E-state index < -0.39 is 30.2 Å². The SMILES string of the molecule is C[C@@H](O)CN1CC2CCC(C1)N2c1nc(OC[C@@H]2CCC(F)(F)CN2C)nc2c(F)c(-c3ncc(F)c4sc(N)c(C#N)c34)c3c(c12)COC3. The fourth-order valence-corrected chi connectivity index (χ4v) is 9.21. The Labute approximate surface area is 289 Å². The summed E-state index contributed by atoms with van der Waals surface area (Å²) in [5, 5.41) is 20.8. The molecule has 264 valence electrons. The van der Waals surface area contributed by atoms with Gasteiger partial charge in [-0.15, -0.1) is 11.3 Å². The van der Waals surface area contributed by atoms with Crippen molar-refractivity contribution in [1.82, 2.24) is 24.8 Å². The van der Waals surface area contributed by atoms with Crippen LogP contribution >= 0.6 is 11.3 Å². The van der Waals surface area contributed by atoms with Crippen LogP contribution in [0.4, 0.5) is 28.4 Å². The number of hydrogen-bond acceptors (Lipinski definition) is 12. The Morgan fingerprint density at radius 3 is 2.60 bits per heavy atom. The number of nitrogens with zero attached hydrogens (tertiary/aromatic N) is 7. The van der Waals surface area contributed by atoms with Crippen LogP contribution in [0.1, 0.15) is 49.3 Å². The third-order valence-corrected chi connectivity index (χ3v) is 11.5. The van der Waals surface area contributed by atoms with E-state index in [-0.39, 0.29) is 94.2 Å². The normalized spacial score (nSPS) is 24.2. The van der Waals surface area contributed by atoms with E-state index in [0.717, 1.165) is 30.4 Å².